The number of aromatic nitrogens is 1. The summed E-state index contributed by atoms with van der Waals surface area (Å²) in [6, 6.07) is 9.06. The highest BCUT2D eigenvalue weighted by Crippen LogP contribution is 2.32. The molecule has 4 nitrogen and oxygen atoms in total. The van der Waals surface area contributed by atoms with Crippen molar-refractivity contribution in [3.05, 3.63) is 47.8 Å². The predicted octanol–water partition coefficient (Wildman–Crippen LogP) is 3.28. The Labute approximate surface area is 122 Å². The van der Waals surface area contributed by atoms with Crippen LogP contribution in [0.2, 0.25) is 0 Å². The van der Waals surface area contributed by atoms with Gasteiger partial charge in [0.05, 0.1) is 31.4 Å². The van der Waals surface area contributed by atoms with Gasteiger partial charge in [-0.1, -0.05) is 18.2 Å². The molecule has 0 amide bonds. The summed E-state index contributed by atoms with van der Waals surface area (Å²) in [6.45, 7) is 0. The molecule has 0 spiro atoms. The van der Waals surface area contributed by atoms with Crippen LogP contribution in [-0.2, 0) is 10.6 Å². The van der Waals surface area contributed by atoms with Crippen molar-refractivity contribution in [2.45, 2.75) is 5.88 Å². The van der Waals surface area contributed by atoms with Crippen LogP contribution < -0.4 is 4.74 Å². The maximum Gasteiger partial charge on any atom is 0.338 e. The minimum absolute atomic E-state index is 0.232. The van der Waals surface area contributed by atoms with Crippen molar-refractivity contribution < 1.29 is 14.3 Å². The lowest BCUT2D eigenvalue weighted by atomic mass is 10.0. The van der Waals surface area contributed by atoms with Crippen LogP contribution in [0.25, 0.3) is 11.1 Å². The number of pyridine rings is 1. The Kier molecular flexibility index (Phi) is 4.58. The third-order valence-electron chi connectivity index (χ3n) is 2.90. The third-order valence-corrected chi connectivity index (χ3v) is 3.17. The highest BCUT2D eigenvalue weighted by molar-refractivity contribution is 6.17. The van der Waals surface area contributed by atoms with Crippen molar-refractivity contribution in [3.8, 4) is 16.9 Å². The highest BCUT2D eigenvalue weighted by Gasteiger charge is 2.17. The average Bonchev–Trinajstić information content (AvgIpc) is 2.53. The van der Waals surface area contributed by atoms with Crippen LogP contribution in [-0.4, -0.2) is 25.2 Å². The molecular weight excluding hydrogens is 278 g/mol. The number of nitrogens with zero attached hydrogens (tertiary/aromatic N) is 1. The molecule has 0 atom stereocenters. The first kappa shape index (κ1) is 14.3. The number of alkyl halides is 1. The number of benzene rings is 1. The van der Waals surface area contributed by atoms with E-state index in [-0.39, 0.29) is 5.88 Å². The normalized spacial score (nSPS) is 10.2. The maximum absolute atomic E-state index is 11.9. The molecule has 0 radical (unpaired) electrons. The zero-order valence-corrected chi connectivity index (χ0v) is 12.0. The largest absolute Gasteiger partial charge is 0.496 e. The van der Waals surface area contributed by atoms with E-state index < -0.39 is 5.97 Å². The van der Waals surface area contributed by atoms with Gasteiger partial charge in [-0.25, -0.2) is 4.79 Å². The first-order chi connectivity index (χ1) is 9.71. The fourth-order valence-corrected chi connectivity index (χ4v) is 2.08. The van der Waals surface area contributed by atoms with Crippen LogP contribution in [0.15, 0.2) is 36.5 Å². The van der Waals surface area contributed by atoms with E-state index >= 15 is 0 Å². The lowest BCUT2D eigenvalue weighted by Crippen LogP contribution is -2.06. The number of ether oxygens (including phenoxy) is 2. The molecule has 2 rings (SSSR count). The summed E-state index contributed by atoms with van der Waals surface area (Å²) in [7, 11) is 2.92. The lowest BCUT2D eigenvalue weighted by molar-refractivity contribution is 0.0601. The number of para-hydroxylation sites is 1. The van der Waals surface area contributed by atoms with Gasteiger partial charge in [-0.05, 0) is 12.1 Å². The second-order valence-corrected chi connectivity index (χ2v) is 4.31. The van der Waals surface area contributed by atoms with Crippen molar-refractivity contribution >= 4 is 17.6 Å². The number of halogens is 1. The predicted molar refractivity (Wildman–Crippen MR) is 77.1 cm³/mol. The molecule has 0 N–H and O–H groups in total. The van der Waals surface area contributed by atoms with Crippen molar-refractivity contribution in [1.82, 2.24) is 4.98 Å². The molecule has 0 aliphatic heterocycles. The van der Waals surface area contributed by atoms with E-state index in [1.807, 2.05) is 24.3 Å². The van der Waals surface area contributed by atoms with Gasteiger partial charge in [0.25, 0.3) is 0 Å². The van der Waals surface area contributed by atoms with Gasteiger partial charge in [-0.2, -0.15) is 0 Å². The molecular formula is C15H14ClNO3. The summed E-state index contributed by atoms with van der Waals surface area (Å²) in [5.41, 5.74) is 2.47. The summed E-state index contributed by atoms with van der Waals surface area (Å²) in [4.78, 5) is 16.2. The quantitative estimate of drug-likeness (QED) is 0.641. The molecule has 0 unspecified atom stereocenters. The van der Waals surface area contributed by atoms with Crippen LogP contribution in [0.5, 0.6) is 5.75 Å². The molecule has 5 heteroatoms. The van der Waals surface area contributed by atoms with Gasteiger partial charge in [-0.15, -0.1) is 11.6 Å². The van der Waals surface area contributed by atoms with Crippen LogP contribution in [0.3, 0.4) is 0 Å². The van der Waals surface area contributed by atoms with E-state index in [1.54, 1.807) is 19.4 Å². The average molecular weight is 292 g/mol. The molecule has 0 aliphatic rings. The Morgan fingerprint density at radius 2 is 2.00 bits per heavy atom. The van der Waals surface area contributed by atoms with Crippen LogP contribution in [0, 0.1) is 0 Å². The van der Waals surface area contributed by atoms with E-state index in [0.717, 1.165) is 5.56 Å². The molecule has 20 heavy (non-hydrogen) atoms. The molecule has 0 bridgehead atoms. The lowest BCUT2D eigenvalue weighted by Gasteiger charge is -2.12. The molecule has 2 aromatic rings. The summed E-state index contributed by atoms with van der Waals surface area (Å²) in [5.74, 6) is 0.466. The van der Waals surface area contributed by atoms with Gasteiger partial charge in [0.15, 0.2) is 0 Å². The molecule has 104 valence electrons. The second-order valence-electron chi connectivity index (χ2n) is 4.05. The van der Waals surface area contributed by atoms with Crippen molar-refractivity contribution in [1.29, 1.82) is 0 Å². The summed E-state index contributed by atoms with van der Waals surface area (Å²) < 4.78 is 10.1. The molecule has 1 heterocycles. The zero-order chi connectivity index (χ0) is 14.5. The standard InChI is InChI=1S/C15H14ClNO3/c1-19-14-6-4-3-5-11(14)13-9-17-10(8-16)7-12(13)15(18)20-2/h3-7,9H,8H2,1-2H3. The molecule has 0 fully saturated rings. The number of carbonyl (C=O) groups excluding carboxylic acids is 1. The Bertz CT molecular complexity index is 628. The number of carbonyl (C=O) groups is 1. The minimum Gasteiger partial charge on any atom is -0.496 e. The van der Waals surface area contributed by atoms with Gasteiger partial charge >= 0.3 is 5.97 Å². The molecule has 0 saturated carbocycles. The van der Waals surface area contributed by atoms with Crippen molar-refractivity contribution in [2.75, 3.05) is 14.2 Å². The monoisotopic (exact) mass is 291 g/mol. The van der Waals surface area contributed by atoms with E-state index in [9.17, 15) is 4.79 Å². The van der Waals surface area contributed by atoms with Gasteiger partial charge in [-0.3, -0.25) is 4.98 Å². The fourth-order valence-electron chi connectivity index (χ4n) is 1.93. The number of hydrogen-bond donors (Lipinski definition) is 0. The Morgan fingerprint density at radius 1 is 1.25 bits per heavy atom. The van der Waals surface area contributed by atoms with Gasteiger partial charge < -0.3 is 9.47 Å². The molecule has 1 aromatic heterocycles. The first-order valence-corrected chi connectivity index (χ1v) is 6.51. The third kappa shape index (κ3) is 2.75. The first-order valence-electron chi connectivity index (χ1n) is 5.97. The van der Waals surface area contributed by atoms with Crippen molar-refractivity contribution in [2.24, 2.45) is 0 Å². The molecule has 0 saturated heterocycles. The smallest absolute Gasteiger partial charge is 0.338 e. The number of rotatable bonds is 4. The maximum atomic E-state index is 11.9. The second kappa shape index (κ2) is 6.39. The van der Waals surface area contributed by atoms with Crippen LogP contribution in [0.1, 0.15) is 16.1 Å². The summed E-state index contributed by atoms with van der Waals surface area (Å²) in [5, 5.41) is 0. The number of hydrogen-bond acceptors (Lipinski definition) is 4. The Balaban J connectivity index is 2.63. The van der Waals surface area contributed by atoms with Gasteiger partial charge in [0.2, 0.25) is 0 Å². The minimum atomic E-state index is -0.431. The van der Waals surface area contributed by atoms with Crippen LogP contribution in [0.4, 0.5) is 0 Å². The van der Waals surface area contributed by atoms with Crippen molar-refractivity contribution in [3.63, 3.8) is 0 Å². The Hall–Kier alpha value is -2.07. The highest BCUT2D eigenvalue weighted by atomic mass is 35.5. The van der Waals surface area contributed by atoms with E-state index in [1.165, 1.54) is 7.11 Å². The van der Waals surface area contributed by atoms with Gasteiger partial charge in [0.1, 0.15) is 5.75 Å². The SMILES string of the molecule is COC(=O)c1cc(CCl)ncc1-c1ccccc1OC. The Morgan fingerprint density at radius 3 is 2.65 bits per heavy atom. The van der Waals surface area contributed by atoms with E-state index in [4.69, 9.17) is 21.1 Å². The fraction of sp³-hybridized carbons (Fsp3) is 0.200. The topological polar surface area (TPSA) is 48.4 Å². The zero-order valence-electron chi connectivity index (χ0n) is 11.2. The van der Waals surface area contributed by atoms with E-state index in [0.29, 0.717) is 22.6 Å². The van der Waals surface area contributed by atoms with Crippen LogP contribution >= 0.6 is 11.6 Å². The molecule has 1 aromatic carbocycles. The molecule has 0 aliphatic carbocycles. The summed E-state index contributed by atoms with van der Waals surface area (Å²) in [6.07, 6.45) is 1.61. The summed E-state index contributed by atoms with van der Waals surface area (Å²) >= 11 is 5.76. The number of esters is 1. The van der Waals surface area contributed by atoms with Gasteiger partial charge in [0, 0.05) is 17.3 Å². The number of methoxy groups -OCH3 is 2. The van der Waals surface area contributed by atoms with E-state index in [2.05, 4.69) is 4.98 Å².